The molecule has 0 unspecified atom stereocenters. The molecule has 0 saturated carbocycles. The molecule has 3 aromatic rings. The van der Waals surface area contributed by atoms with Crippen LogP contribution in [0, 0.1) is 12.7 Å². The van der Waals surface area contributed by atoms with Gasteiger partial charge in [0.1, 0.15) is 5.82 Å². The van der Waals surface area contributed by atoms with Crippen molar-refractivity contribution in [3.63, 3.8) is 0 Å². The molecule has 18 heavy (non-hydrogen) atoms. The second-order valence-corrected chi connectivity index (χ2v) is 4.74. The zero-order valence-electron chi connectivity index (χ0n) is 9.80. The van der Waals surface area contributed by atoms with Crippen LogP contribution < -0.4 is 0 Å². The van der Waals surface area contributed by atoms with E-state index in [2.05, 4.69) is 4.98 Å². The summed E-state index contributed by atoms with van der Waals surface area (Å²) in [6.45, 7) is 2.02. The fraction of sp³-hybridized carbons (Fsp3) is 0.0667. The molecule has 1 heterocycles. The Morgan fingerprint density at radius 2 is 2.00 bits per heavy atom. The summed E-state index contributed by atoms with van der Waals surface area (Å²) in [4.78, 5) is 3.17. The number of nitrogens with one attached hydrogen (secondary N) is 1. The van der Waals surface area contributed by atoms with E-state index in [0.29, 0.717) is 10.6 Å². The van der Waals surface area contributed by atoms with Gasteiger partial charge in [0.15, 0.2) is 0 Å². The highest BCUT2D eigenvalue weighted by atomic mass is 35.5. The first kappa shape index (κ1) is 11.3. The lowest BCUT2D eigenvalue weighted by atomic mass is 10.0. The molecular weight excluding hydrogens is 249 g/mol. The van der Waals surface area contributed by atoms with Crippen molar-refractivity contribution in [2.24, 2.45) is 0 Å². The van der Waals surface area contributed by atoms with Crippen LogP contribution in [-0.4, -0.2) is 4.98 Å². The van der Waals surface area contributed by atoms with Crippen molar-refractivity contribution >= 4 is 22.5 Å². The van der Waals surface area contributed by atoms with E-state index in [1.807, 2.05) is 31.3 Å². The number of H-pyrrole nitrogens is 1. The monoisotopic (exact) mass is 259 g/mol. The van der Waals surface area contributed by atoms with Gasteiger partial charge in [-0.3, -0.25) is 0 Å². The number of benzene rings is 2. The molecule has 1 nitrogen and oxygen atoms in total. The van der Waals surface area contributed by atoms with Crippen molar-refractivity contribution in [1.29, 1.82) is 0 Å². The van der Waals surface area contributed by atoms with Gasteiger partial charge in [-0.2, -0.15) is 0 Å². The average molecular weight is 260 g/mol. The van der Waals surface area contributed by atoms with Crippen molar-refractivity contribution in [3.8, 4) is 11.1 Å². The second kappa shape index (κ2) is 4.14. The number of aryl methyl sites for hydroxylation is 1. The number of aromatic nitrogens is 1. The third-order valence-electron chi connectivity index (χ3n) is 3.14. The molecule has 0 fully saturated rings. The maximum atomic E-state index is 13.9. The number of hydrogen-bond donors (Lipinski definition) is 1. The zero-order chi connectivity index (χ0) is 12.7. The number of fused-ring (bicyclic) bond motifs is 1. The third-order valence-corrected chi connectivity index (χ3v) is 3.45. The molecule has 0 radical (unpaired) electrons. The lowest BCUT2D eigenvalue weighted by molar-refractivity contribution is 0.631. The van der Waals surface area contributed by atoms with Crippen LogP contribution in [0.5, 0.6) is 0 Å². The van der Waals surface area contributed by atoms with Gasteiger partial charge in [0.25, 0.3) is 0 Å². The first-order chi connectivity index (χ1) is 8.66. The Bertz CT molecular complexity index is 710. The van der Waals surface area contributed by atoms with Crippen molar-refractivity contribution in [3.05, 3.63) is 59.0 Å². The normalized spacial score (nSPS) is 11.1. The fourth-order valence-electron chi connectivity index (χ4n) is 2.19. The molecule has 0 aliphatic heterocycles. The SMILES string of the molecule is Cc1c[nH]c2ccc(-c3c(F)cccc3Cl)cc12. The van der Waals surface area contributed by atoms with Crippen molar-refractivity contribution < 1.29 is 4.39 Å². The van der Waals surface area contributed by atoms with Gasteiger partial charge >= 0.3 is 0 Å². The molecule has 3 heteroatoms. The quantitative estimate of drug-likeness (QED) is 0.637. The topological polar surface area (TPSA) is 15.8 Å². The summed E-state index contributed by atoms with van der Waals surface area (Å²) in [5.41, 5.74) is 3.44. The van der Waals surface area contributed by atoms with Crippen LogP contribution in [0.4, 0.5) is 4.39 Å². The Morgan fingerprint density at radius 1 is 1.17 bits per heavy atom. The van der Waals surface area contributed by atoms with Crippen LogP contribution in [0.15, 0.2) is 42.6 Å². The lowest BCUT2D eigenvalue weighted by Crippen LogP contribution is -1.85. The van der Waals surface area contributed by atoms with Crippen molar-refractivity contribution in [2.75, 3.05) is 0 Å². The van der Waals surface area contributed by atoms with E-state index in [9.17, 15) is 4.39 Å². The fourth-order valence-corrected chi connectivity index (χ4v) is 2.46. The maximum absolute atomic E-state index is 13.9. The van der Waals surface area contributed by atoms with Crippen LogP contribution >= 0.6 is 11.6 Å². The lowest BCUT2D eigenvalue weighted by Gasteiger charge is -2.06. The van der Waals surface area contributed by atoms with E-state index in [-0.39, 0.29) is 5.82 Å². The van der Waals surface area contributed by atoms with E-state index >= 15 is 0 Å². The van der Waals surface area contributed by atoms with Crippen LogP contribution in [0.1, 0.15) is 5.56 Å². The Labute approximate surface area is 109 Å². The Balaban J connectivity index is 2.28. The molecule has 1 aromatic heterocycles. The third kappa shape index (κ3) is 1.70. The predicted molar refractivity (Wildman–Crippen MR) is 73.4 cm³/mol. The molecule has 90 valence electrons. The molecule has 3 rings (SSSR count). The molecular formula is C15H11ClFN. The molecule has 1 N–H and O–H groups in total. The van der Waals surface area contributed by atoms with Crippen molar-refractivity contribution in [1.82, 2.24) is 4.98 Å². The minimum Gasteiger partial charge on any atom is -0.361 e. The number of rotatable bonds is 1. The summed E-state index contributed by atoms with van der Waals surface area (Å²) < 4.78 is 13.9. The van der Waals surface area contributed by atoms with Crippen LogP contribution in [-0.2, 0) is 0 Å². The summed E-state index contributed by atoms with van der Waals surface area (Å²) in [5.74, 6) is -0.296. The van der Waals surface area contributed by atoms with Crippen LogP contribution in [0.25, 0.3) is 22.0 Å². The Hall–Kier alpha value is -1.80. The van der Waals surface area contributed by atoms with Crippen molar-refractivity contribution in [2.45, 2.75) is 6.92 Å². The summed E-state index contributed by atoms with van der Waals surface area (Å²) in [6, 6.07) is 10.5. The van der Waals surface area contributed by atoms with Gasteiger partial charge in [-0.1, -0.05) is 23.7 Å². The zero-order valence-corrected chi connectivity index (χ0v) is 10.6. The van der Waals surface area contributed by atoms with Gasteiger partial charge in [-0.05, 0) is 42.3 Å². The summed E-state index contributed by atoms with van der Waals surface area (Å²) >= 11 is 6.08. The smallest absolute Gasteiger partial charge is 0.132 e. The summed E-state index contributed by atoms with van der Waals surface area (Å²) in [6.07, 6.45) is 1.94. The molecule has 0 aliphatic carbocycles. The number of aromatic amines is 1. The first-order valence-electron chi connectivity index (χ1n) is 5.69. The average Bonchev–Trinajstić information content (AvgIpc) is 2.71. The van der Waals surface area contributed by atoms with E-state index in [1.165, 1.54) is 6.07 Å². The van der Waals surface area contributed by atoms with Crippen LogP contribution in [0.2, 0.25) is 5.02 Å². The molecule has 0 bridgehead atoms. The van der Waals surface area contributed by atoms with E-state index < -0.39 is 0 Å². The Morgan fingerprint density at radius 3 is 2.78 bits per heavy atom. The first-order valence-corrected chi connectivity index (χ1v) is 6.07. The second-order valence-electron chi connectivity index (χ2n) is 4.33. The van der Waals surface area contributed by atoms with E-state index in [4.69, 9.17) is 11.6 Å². The standard InChI is InChI=1S/C15H11ClFN/c1-9-8-18-14-6-5-10(7-11(9)14)15-12(16)3-2-4-13(15)17/h2-8,18H,1H3. The largest absolute Gasteiger partial charge is 0.361 e. The summed E-state index contributed by atoms with van der Waals surface area (Å²) in [7, 11) is 0. The predicted octanol–water partition coefficient (Wildman–Crippen LogP) is 4.94. The van der Waals surface area contributed by atoms with E-state index in [0.717, 1.165) is 22.0 Å². The Kier molecular flexibility index (Phi) is 2.60. The highest BCUT2D eigenvalue weighted by Crippen LogP contribution is 2.32. The van der Waals surface area contributed by atoms with Gasteiger partial charge in [0, 0.05) is 22.7 Å². The maximum Gasteiger partial charge on any atom is 0.132 e. The molecule has 0 saturated heterocycles. The van der Waals surface area contributed by atoms with Gasteiger partial charge in [0.2, 0.25) is 0 Å². The molecule has 2 aromatic carbocycles. The molecule has 0 spiro atoms. The van der Waals surface area contributed by atoms with Gasteiger partial charge < -0.3 is 4.98 Å². The summed E-state index contributed by atoms with van der Waals surface area (Å²) in [5, 5.41) is 1.52. The number of hydrogen-bond acceptors (Lipinski definition) is 0. The molecule has 0 aliphatic rings. The van der Waals surface area contributed by atoms with Gasteiger partial charge in [0.05, 0.1) is 5.02 Å². The van der Waals surface area contributed by atoms with Crippen LogP contribution in [0.3, 0.4) is 0 Å². The van der Waals surface area contributed by atoms with E-state index in [1.54, 1.807) is 12.1 Å². The van der Waals surface area contributed by atoms with Gasteiger partial charge in [-0.15, -0.1) is 0 Å². The minimum absolute atomic E-state index is 0.296. The minimum atomic E-state index is -0.296. The van der Waals surface area contributed by atoms with Gasteiger partial charge in [-0.25, -0.2) is 4.39 Å². The number of halogens is 2. The molecule has 0 atom stereocenters. The highest BCUT2D eigenvalue weighted by molar-refractivity contribution is 6.33. The highest BCUT2D eigenvalue weighted by Gasteiger charge is 2.10. The molecule has 0 amide bonds.